The number of rotatable bonds is 6. The first kappa shape index (κ1) is 16.5. The summed E-state index contributed by atoms with van der Waals surface area (Å²) >= 11 is 0. The third-order valence-corrected chi connectivity index (χ3v) is 4.95. The lowest BCUT2D eigenvalue weighted by Gasteiger charge is -2.39. The number of benzene rings is 1. The quantitative estimate of drug-likeness (QED) is 0.844. The molecular formula is C17H23NO4. The van der Waals surface area contributed by atoms with Gasteiger partial charge in [0.15, 0.2) is 0 Å². The highest BCUT2D eigenvalue weighted by molar-refractivity contribution is 5.83. The van der Waals surface area contributed by atoms with E-state index in [4.69, 9.17) is 0 Å². The van der Waals surface area contributed by atoms with E-state index in [9.17, 15) is 19.8 Å². The molecule has 3 atom stereocenters. The maximum Gasteiger partial charge on any atom is 0.324 e. The average molecular weight is 305 g/mol. The molecule has 1 aliphatic rings. The average Bonchev–Trinajstić information content (AvgIpc) is 2.83. The van der Waals surface area contributed by atoms with Gasteiger partial charge >= 0.3 is 11.9 Å². The largest absolute Gasteiger partial charge is 0.480 e. The van der Waals surface area contributed by atoms with Crippen LogP contribution in [0.2, 0.25) is 0 Å². The van der Waals surface area contributed by atoms with Gasteiger partial charge in [0, 0.05) is 6.54 Å². The summed E-state index contributed by atoms with van der Waals surface area (Å²) in [7, 11) is 0. The number of carboxylic acid groups (broad SMARTS) is 2. The molecule has 3 unspecified atom stereocenters. The maximum absolute atomic E-state index is 12.1. The predicted molar refractivity (Wildman–Crippen MR) is 82.5 cm³/mol. The lowest BCUT2D eigenvalue weighted by atomic mass is 9.80. The van der Waals surface area contributed by atoms with Crippen molar-refractivity contribution in [2.45, 2.75) is 51.2 Å². The van der Waals surface area contributed by atoms with E-state index in [0.29, 0.717) is 25.8 Å². The van der Waals surface area contributed by atoms with Gasteiger partial charge in [-0.15, -0.1) is 0 Å². The standard InChI is InChI=1S/C17H23NO4/c1-3-13-10-14(15(19)20)18(17(13,4-2)16(21)22)11-12-8-6-5-7-9-12/h5-9,13-14H,3-4,10-11H2,1-2H3,(H,19,20)(H,21,22). The van der Waals surface area contributed by atoms with Gasteiger partial charge in [-0.1, -0.05) is 50.6 Å². The summed E-state index contributed by atoms with van der Waals surface area (Å²) in [5.74, 6) is -2.01. The van der Waals surface area contributed by atoms with Crippen LogP contribution >= 0.6 is 0 Å². The number of likely N-dealkylation sites (tertiary alicyclic amines) is 1. The molecule has 0 bridgehead atoms. The van der Waals surface area contributed by atoms with Crippen molar-refractivity contribution in [1.82, 2.24) is 4.90 Å². The van der Waals surface area contributed by atoms with Crippen LogP contribution < -0.4 is 0 Å². The van der Waals surface area contributed by atoms with Crippen LogP contribution in [0.25, 0.3) is 0 Å². The van der Waals surface area contributed by atoms with E-state index in [2.05, 4.69) is 0 Å². The van der Waals surface area contributed by atoms with Crippen molar-refractivity contribution in [3.63, 3.8) is 0 Å². The molecule has 22 heavy (non-hydrogen) atoms. The Morgan fingerprint density at radius 3 is 2.32 bits per heavy atom. The Morgan fingerprint density at radius 2 is 1.86 bits per heavy atom. The van der Waals surface area contributed by atoms with Gasteiger partial charge in [-0.2, -0.15) is 0 Å². The number of hydrogen-bond acceptors (Lipinski definition) is 3. The summed E-state index contributed by atoms with van der Waals surface area (Å²) < 4.78 is 0. The summed E-state index contributed by atoms with van der Waals surface area (Å²) in [6, 6.07) is 8.71. The zero-order valence-corrected chi connectivity index (χ0v) is 13.0. The summed E-state index contributed by atoms with van der Waals surface area (Å²) in [6.07, 6.45) is 1.45. The fourth-order valence-corrected chi connectivity index (χ4v) is 3.81. The van der Waals surface area contributed by atoms with Gasteiger partial charge in [0.2, 0.25) is 0 Å². The normalized spacial score (nSPS) is 28.6. The molecule has 0 radical (unpaired) electrons. The van der Waals surface area contributed by atoms with E-state index in [-0.39, 0.29) is 5.92 Å². The van der Waals surface area contributed by atoms with Crippen molar-refractivity contribution >= 4 is 11.9 Å². The Bertz CT molecular complexity index is 545. The molecule has 1 saturated heterocycles. The second-order valence-corrected chi connectivity index (χ2v) is 5.89. The van der Waals surface area contributed by atoms with Crippen LogP contribution in [0.5, 0.6) is 0 Å². The fraction of sp³-hybridized carbons (Fsp3) is 0.529. The highest BCUT2D eigenvalue weighted by atomic mass is 16.4. The molecule has 0 saturated carbocycles. The smallest absolute Gasteiger partial charge is 0.324 e. The van der Waals surface area contributed by atoms with Crippen LogP contribution in [0.1, 0.15) is 38.7 Å². The molecule has 0 aromatic heterocycles. The van der Waals surface area contributed by atoms with Crippen molar-refractivity contribution in [3.8, 4) is 0 Å². The molecule has 1 aromatic carbocycles. The molecule has 5 heteroatoms. The third-order valence-electron chi connectivity index (χ3n) is 4.95. The van der Waals surface area contributed by atoms with Crippen molar-refractivity contribution in [2.75, 3.05) is 0 Å². The first-order valence-electron chi connectivity index (χ1n) is 7.74. The SMILES string of the molecule is CCC1CC(C(=O)O)N(Cc2ccccc2)C1(CC)C(=O)O. The molecule has 2 N–H and O–H groups in total. The highest BCUT2D eigenvalue weighted by Gasteiger charge is 2.58. The Balaban J connectivity index is 2.45. The molecular weight excluding hydrogens is 282 g/mol. The Hall–Kier alpha value is -1.88. The van der Waals surface area contributed by atoms with Gasteiger partial charge in [0.05, 0.1) is 0 Å². The van der Waals surface area contributed by atoms with Crippen molar-refractivity contribution < 1.29 is 19.8 Å². The minimum absolute atomic E-state index is 0.153. The van der Waals surface area contributed by atoms with Gasteiger partial charge in [-0.25, -0.2) is 0 Å². The van der Waals surface area contributed by atoms with E-state index in [1.165, 1.54) is 0 Å². The minimum atomic E-state index is -1.10. The third kappa shape index (κ3) is 2.61. The van der Waals surface area contributed by atoms with Crippen LogP contribution in [0.15, 0.2) is 30.3 Å². The molecule has 1 aromatic rings. The minimum Gasteiger partial charge on any atom is -0.480 e. The predicted octanol–water partition coefficient (Wildman–Crippen LogP) is 2.61. The molecule has 5 nitrogen and oxygen atoms in total. The van der Waals surface area contributed by atoms with Gasteiger partial charge in [0.1, 0.15) is 11.6 Å². The van der Waals surface area contributed by atoms with Crippen LogP contribution in [0, 0.1) is 5.92 Å². The topological polar surface area (TPSA) is 77.8 Å². The van der Waals surface area contributed by atoms with E-state index < -0.39 is 23.5 Å². The van der Waals surface area contributed by atoms with Crippen molar-refractivity contribution in [1.29, 1.82) is 0 Å². The zero-order valence-electron chi connectivity index (χ0n) is 13.0. The Labute approximate surface area is 130 Å². The summed E-state index contributed by atoms with van der Waals surface area (Å²) in [5, 5.41) is 19.4. The van der Waals surface area contributed by atoms with Crippen LogP contribution in [-0.4, -0.2) is 38.6 Å². The molecule has 0 aliphatic carbocycles. The highest BCUT2D eigenvalue weighted by Crippen LogP contribution is 2.44. The van der Waals surface area contributed by atoms with Crippen molar-refractivity contribution in [3.05, 3.63) is 35.9 Å². The van der Waals surface area contributed by atoms with E-state index >= 15 is 0 Å². The molecule has 1 heterocycles. The number of hydrogen-bond donors (Lipinski definition) is 2. The molecule has 2 rings (SSSR count). The second-order valence-electron chi connectivity index (χ2n) is 5.89. The summed E-state index contributed by atoms with van der Waals surface area (Å²) in [6.45, 7) is 4.11. The van der Waals surface area contributed by atoms with E-state index in [0.717, 1.165) is 5.56 Å². The van der Waals surface area contributed by atoms with Gasteiger partial charge in [-0.3, -0.25) is 14.5 Å². The first-order valence-corrected chi connectivity index (χ1v) is 7.74. The lowest BCUT2D eigenvalue weighted by molar-refractivity contribution is -0.157. The monoisotopic (exact) mass is 305 g/mol. The summed E-state index contributed by atoms with van der Waals surface area (Å²) in [5.41, 5.74) is -0.169. The lowest BCUT2D eigenvalue weighted by Crippen LogP contribution is -2.56. The first-order chi connectivity index (χ1) is 10.5. The fourth-order valence-electron chi connectivity index (χ4n) is 3.81. The maximum atomic E-state index is 12.1. The molecule has 120 valence electrons. The van der Waals surface area contributed by atoms with Crippen molar-refractivity contribution in [2.24, 2.45) is 5.92 Å². The van der Waals surface area contributed by atoms with Gasteiger partial charge in [0.25, 0.3) is 0 Å². The molecule has 1 fully saturated rings. The van der Waals surface area contributed by atoms with Gasteiger partial charge in [-0.05, 0) is 24.3 Å². The number of nitrogens with zero attached hydrogens (tertiary/aromatic N) is 1. The number of carboxylic acids is 2. The Morgan fingerprint density at radius 1 is 1.23 bits per heavy atom. The second kappa shape index (κ2) is 6.48. The molecule has 0 amide bonds. The van der Waals surface area contributed by atoms with E-state index in [1.807, 2.05) is 44.2 Å². The molecule has 1 aliphatic heterocycles. The number of aliphatic carboxylic acids is 2. The number of carbonyl (C=O) groups is 2. The van der Waals surface area contributed by atoms with Crippen LogP contribution in [0.4, 0.5) is 0 Å². The Kier molecular flexibility index (Phi) is 4.86. The van der Waals surface area contributed by atoms with Crippen LogP contribution in [-0.2, 0) is 16.1 Å². The summed E-state index contributed by atoms with van der Waals surface area (Å²) in [4.78, 5) is 25.4. The molecule has 0 spiro atoms. The van der Waals surface area contributed by atoms with Gasteiger partial charge < -0.3 is 10.2 Å². The van der Waals surface area contributed by atoms with Crippen LogP contribution in [0.3, 0.4) is 0 Å². The zero-order chi connectivity index (χ0) is 16.3. The van der Waals surface area contributed by atoms with E-state index in [1.54, 1.807) is 4.90 Å².